The summed E-state index contributed by atoms with van der Waals surface area (Å²) in [5.41, 5.74) is 0.335. The Morgan fingerprint density at radius 3 is 2.62 bits per heavy atom. The molecular weight excluding hydrogens is 370 g/mol. The molecule has 2 atom stereocenters. The summed E-state index contributed by atoms with van der Waals surface area (Å²) in [5.74, 6) is 0.486. The van der Waals surface area contributed by atoms with Gasteiger partial charge < -0.3 is 15.0 Å². The van der Waals surface area contributed by atoms with Gasteiger partial charge in [-0.3, -0.25) is 14.5 Å². The second kappa shape index (κ2) is 8.27. The zero-order valence-corrected chi connectivity index (χ0v) is 17.4. The third kappa shape index (κ3) is 4.44. The molecule has 0 bridgehead atoms. The van der Waals surface area contributed by atoms with Gasteiger partial charge in [0.2, 0.25) is 5.91 Å². The molecule has 2 saturated heterocycles. The first kappa shape index (κ1) is 20.9. The van der Waals surface area contributed by atoms with E-state index in [1.807, 2.05) is 6.92 Å². The molecule has 4 amide bonds. The van der Waals surface area contributed by atoms with Gasteiger partial charge in [-0.05, 0) is 55.9 Å². The molecule has 0 aliphatic carbocycles. The number of hydrogen-bond donors (Lipinski definition) is 1. The van der Waals surface area contributed by atoms with Gasteiger partial charge in [0.05, 0.1) is 0 Å². The van der Waals surface area contributed by atoms with Crippen LogP contribution in [0.1, 0.15) is 39.2 Å². The zero-order chi connectivity index (χ0) is 21.2. The number of benzene rings is 1. The number of piperidine rings is 1. The molecule has 156 valence electrons. The van der Waals surface area contributed by atoms with Crippen LogP contribution >= 0.6 is 0 Å². The van der Waals surface area contributed by atoms with E-state index in [9.17, 15) is 14.4 Å². The zero-order valence-electron chi connectivity index (χ0n) is 17.4. The molecule has 0 radical (unpaired) electrons. The smallest absolute Gasteiger partial charge is 0.325 e. The molecule has 7 heteroatoms. The van der Waals surface area contributed by atoms with Crippen LogP contribution in [-0.4, -0.2) is 53.9 Å². The molecule has 0 saturated carbocycles. The van der Waals surface area contributed by atoms with Gasteiger partial charge in [0.15, 0.2) is 0 Å². The molecule has 1 aromatic carbocycles. The van der Waals surface area contributed by atoms with Crippen molar-refractivity contribution in [2.75, 3.05) is 26.2 Å². The number of hydrogen-bond acceptors (Lipinski definition) is 4. The van der Waals surface area contributed by atoms with Crippen molar-refractivity contribution in [3.8, 4) is 5.75 Å². The molecule has 2 aliphatic heterocycles. The summed E-state index contributed by atoms with van der Waals surface area (Å²) in [4.78, 5) is 40.9. The van der Waals surface area contributed by atoms with Gasteiger partial charge in [-0.15, -0.1) is 0 Å². The monoisotopic (exact) mass is 399 g/mol. The Morgan fingerprint density at radius 2 is 2.00 bits per heavy atom. The number of nitrogens with zero attached hydrogens (tertiary/aromatic N) is 2. The molecule has 3 rings (SSSR count). The van der Waals surface area contributed by atoms with E-state index in [1.165, 1.54) is 0 Å². The summed E-state index contributed by atoms with van der Waals surface area (Å²) in [6.07, 6.45) is 2.04. The minimum absolute atomic E-state index is 0.187. The topological polar surface area (TPSA) is 79.0 Å². The van der Waals surface area contributed by atoms with Crippen molar-refractivity contribution in [2.24, 2.45) is 5.92 Å². The van der Waals surface area contributed by atoms with Crippen LogP contribution in [0.5, 0.6) is 5.75 Å². The third-order valence-electron chi connectivity index (χ3n) is 5.49. The van der Waals surface area contributed by atoms with Crippen LogP contribution in [-0.2, 0) is 15.1 Å². The first-order valence-corrected chi connectivity index (χ1v) is 10.0. The average molecular weight is 399 g/mol. The maximum Gasteiger partial charge on any atom is 0.325 e. The maximum absolute atomic E-state index is 13.0. The minimum atomic E-state index is -1.21. The standard InChI is InChI=1S/C22H29N3O4/c1-15(2)14-29-18-9-7-17(8-10-18)22(4)20(27)25(21(28)23-22)13-19(26)24-11-5-6-16(3)12-24/h7-10,16H,1,5-6,11-14H2,2-4H3,(H,23,28). The molecule has 2 unspecified atom stereocenters. The Kier molecular flexibility index (Phi) is 5.96. The molecule has 2 fully saturated rings. The molecule has 29 heavy (non-hydrogen) atoms. The SMILES string of the molecule is C=C(C)COc1ccc(C2(C)NC(=O)N(CC(=O)N3CCCC(C)C3)C2=O)cc1. The highest BCUT2D eigenvalue weighted by Crippen LogP contribution is 2.30. The van der Waals surface area contributed by atoms with Gasteiger partial charge >= 0.3 is 6.03 Å². The number of ether oxygens (including phenoxy) is 1. The van der Waals surface area contributed by atoms with Gasteiger partial charge in [-0.1, -0.05) is 25.6 Å². The highest BCUT2D eigenvalue weighted by molar-refractivity contribution is 6.09. The highest BCUT2D eigenvalue weighted by atomic mass is 16.5. The molecule has 2 heterocycles. The van der Waals surface area contributed by atoms with Crippen LogP contribution in [0.25, 0.3) is 0 Å². The number of nitrogens with one attached hydrogen (secondary N) is 1. The van der Waals surface area contributed by atoms with E-state index in [1.54, 1.807) is 36.1 Å². The van der Waals surface area contributed by atoms with Crippen molar-refractivity contribution in [3.05, 3.63) is 42.0 Å². The fourth-order valence-corrected chi connectivity index (χ4v) is 3.78. The van der Waals surface area contributed by atoms with E-state index < -0.39 is 17.5 Å². The molecular formula is C22H29N3O4. The number of rotatable bonds is 6. The van der Waals surface area contributed by atoms with Gasteiger partial charge in [-0.2, -0.15) is 0 Å². The fourth-order valence-electron chi connectivity index (χ4n) is 3.78. The van der Waals surface area contributed by atoms with Crippen LogP contribution in [0.3, 0.4) is 0 Å². The largest absolute Gasteiger partial charge is 0.489 e. The van der Waals surface area contributed by atoms with Crippen LogP contribution < -0.4 is 10.1 Å². The first-order chi connectivity index (χ1) is 13.7. The van der Waals surface area contributed by atoms with Crippen LogP contribution in [0, 0.1) is 5.92 Å². The van der Waals surface area contributed by atoms with E-state index >= 15 is 0 Å². The van der Waals surface area contributed by atoms with Crippen LogP contribution in [0.4, 0.5) is 4.79 Å². The predicted octanol–water partition coefficient (Wildman–Crippen LogP) is 2.67. The van der Waals surface area contributed by atoms with Crippen LogP contribution in [0.15, 0.2) is 36.4 Å². The van der Waals surface area contributed by atoms with E-state index in [0.717, 1.165) is 23.3 Å². The number of imide groups is 1. The van der Waals surface area contributed by atoms with Gasteiger partial charge in [0.25, 0.3) is 5.91 Å². The number of carbonyl (C=O) groups excluding carboxylic acids is 3. The summed E-state index contributed by atoms with van der Waals surface area (Å²) in [6.45, 7) is 11.0. The Hall–Kier alpha value is -2.83. The lowest BCUT2D eigenvalue weighted by molar-refractivity contribution is -0.139. The second-order valence-electron chi connectivity index (χ2n) is 8.30. The quantitative estimate of drug-likeness (QED) is 0.589. The summed E-state index contributed by atoms with van der Waals surface area (Å²) in [6, 6.07) is 6.48. The lowest BCUT2D eigenvalue weighted by Gasteiger charge is -2.31. The normalized spacial score (nSPS) is 24.4. The summed E-state index contributed by atoms with van der Waals surface area (Å²) >= 11 is 0. The summed E-state index contributed by atoms with van der Waals surface area (Å²) in [5, 5.41) is 2.74. The van der Waals surface area contributed by atoms with Crippen molar-refractivity contribution in [2.45, 2.75) is 39.2 Å². The Bertz CT molecular complexity index is 820. The minimum Gasteiger partial charge on any atom is -0.489 e. The second-order valence-corrected chi connectivity index (χ2v) is 8.30. The predicted molar refractivity (Wildman–Crippen MR) is 109 cm³/mol. The van der Waals surface area contributed by atoms with Gasteiger partial charge in [-0.25, -0.2) is 4.79 Å². The van der Waals surface area contributed by atoms with Crippen molar-refractivity contribution in [1.82, 2.24) is 15.1 Å². The van der Waals surface area contributed by atoms with E-state index in [4.69, 9.17) is 4.74 Å². The highest BCUT2D eigenvalue weighted by Gasteiger charge is 2.49. The van der Waals surface area contributed by atoms with Crippen molar-refractivity contribution in [1.29, 1.82) is 0 Å². The summed E-state index contributed by atoms with van der Waals surface area (Å²) in [7, 11) is 0. The molecule has 2 aliphatic rings. The molecule has 0 aromatic heterocycles. The molecule has 0 spiro atoms. The molecule has 7 nitrogen and oxygen atoms in total. The van der Waals surface area contributed by atoms with Crippen molar-refractivity contribution < 1.29 is 19.1 Å². The average Bonchev–Trinajstić information content (AvgIpc) is 2.90. The van der Waals surface area contributed by atoms with Gasteiger partial charge in [0, 0.05) is 13.1 Å². The summed E-state index contributed by atoms with van der Waals surface area (Å²) < 4.78 is 5.58. The van der Waals surface area contributed by atoms with Gasteiger partial charge in [0.1, 0.15) is 24.4 Å². The Balaban J connectivity index is 1.70. The van der Waals surface area contributed by atoms with Crippen molar-refractivity contribution in [3.63, 3.8) is 0 Å². The Morgan fingerprint density at radius 1 is 1.31 bits per heavy atom. The number of urea groups is 1. The lowest BCUT2D eigenvalue weighted by atomic mass is 9.92. The fraction of sp³-hybridized carbons (Fsp3) is 0.500. The number of amides is 4. The van der Waals surface area contributed by atoms with E-state index in [0.29, 0.717) is 36.9 Å². The molecule has 1 N–H and O–H groups in total. The van der Waals surface area contributed by atoms with Crippen molar-refractivity contribution >= 4 is 17.8 Å². The van der Waals surface area contributed by atoms with E-state index in [-0.39, 0.29) is 12.5 Å². The van der Waals surface area contributed by atoms with Crippen LogP contribution in [0.2, 0.25) is 0 Å². The number of carbonyl (C=O) groups is 3. The van der Waals surface area contributed by atoms with E-state index in [2.05, 4.69) is 18.8 Å². The lowest BCUT2D eigenvalue weighted by Crippen LogP contribution is -2.47. The first-order valence-electron chi connectivity index (χ1n) is 10.0. The number of likely N-dealkylation sites (tertiary alicyclic amines) is 1. The third-order valence-corrected chi connectivity index (χ3v) is 5.49. The Labute approximate surface area is 171 Å². The molecule has 1 aromatic rings. The maximum atomic E-state index is 13.0.